The Balaban J connectivity index is 3.35. The Labute approximate surface area is 109 Å². The van der Waals surface area contributed by atoms with Crippen molar-refractivity contribution in [3.05, 3.63) is 20.9 Å². The van der Waals surface area contributed by atoms with Crippen LogP contribution in [0.1, 0.15) is 16.1 Å². The Kier molecular flexibility index (Phi) is 4.08. The van der Waals surface area contributed by atoms with Gasteiger partial charge < -0.3 is 4.74 Å². The zero-order valence-corrected chi connectivity index (χ0v) is 10.2. The van der Waals surface area contributed by atoms with E-state index in [4.69, 9.17) is 0 Å². The third kappa shape index (κ3) is 3.71. The van der Waals surface area contributed by atoms with Crippen LogP contribution in [0.3, 0.4) is 0 Å². The fourth-order valence-corrected chi connectivity index (χ4v) is 1.55. The van der Waals surface area contributed by atoms with E-state index in [0.29, 0.717) is 6.07 Å². The lowest BCUT2D eigenvalue weighted by Gasteiger charge is -2.13. The molecule has 0 saturated carbocycles. The minimum atomic E-state index is -5.17. The highest BCUT2D eigenvalue weighted by atomic mass is 127. The molecule has 0 unspecified atom stereocenters. The van der Waals surface area contributed by atoms with Crippen molar-refractivity contribution in [2.24, 2.45) is 0 Å². The molecule has 18 heavy (non-hydrogen) atoms. The molecule has 100 valence electrons. The standard InChI is InChI=1S/C8H2F6INO2/c9-7(10,11)5-3(2-17)1-4(15)6(16-5)18-8(12,13)14/h1-2H. The van der Waals surface area contributed by atoms with E-state index in [2.05, 4.69) is 9.72 Å². The van der Waals surface area contributed by atoms with Crippen LogP contribution in [-0.4, -0.2) is 17.6 Å². The average Bonchev–Trinajstić information content (AvgIpc) is 2.16. The summed E-state index contributed by atoms with van der Waals surface area (Å²) in [5.74, 6) is -1.25. The lowest BCUT2D eigenvalue weighted by molar-refractivity contribution is -0.276. The Morgan fingerprint density at radius 1 is 1.22 bits per heavy atom. The largest absolute Gasteiger partial charge is 0.574 e. The van der Waals surface area contributed by atoms with Crippen molar-refractivity contribution >= 4 is 28.9 Å². The first-order valence-electron chi connectivity index (χ1n) is 4.03. The van der Waals surface area contributed by atoms with Gasteiger partial charge in [-0.2, -0.15) is 13.2 Å². The summed E-state index contributed by atoms with van der Waals surface area (Å²) >= 11 is 1.28. The number of rotatable bonds is 2. The number of alkyl halides is 6. The van der Waals surface area contributed by atoms with E-state index in [9.17, 15) is 31.1 Å². The molecule has 0 aromatic carbocycles. The van der Waals surface area contributed by atoms with Gasteiger partial charge in [-0.25, -0.2) is 4.98 Å². The number of nitrogens with zero attached hydrogens (tertiary/aromatic N) is 1. The SMILES string of the molecule is O=Cc1cc(I)c(OC(F)(F)F)nc1C(F)(F)F. The molecular formula is C8H2F6INO2. The first-order valence-corrected chi connectivity index (χ1v) is 5.11. The highest BCUT2D eigenvalue weighted by molar-refractivity contribution is 14.1. The molecule has 3 nitrogen and oxygen atoms in total. The maximum Gasteiger partial charge on any atom is 0.574 e. The molecule has 1 aromatic heterocycles. The fourth-order valence-electron chi connectivity index (χ4n) is 0.984. The monoisotopic (exact) mass is 385 g/mol. The molecule has 0 aliphatic heterocycles. The van der Waals surface area contributed by atoms with Crippen molar-refractivity contribution in [1.82, 2.24) is 4.98 Å². The zero-order valence-electron chi connectivity index (χ0n) is 8.06. The molecule has 0 radical (unpaired) electrons. The first kappa shape index (κ1) is 15.0. The highest BCUT2D eigenvalue weighted by Crippen LogP contribution is 2.34. The second-order valence-corrected chi connectivity index (χ2v) is 4.04. The quantitative estimate of drug-likeness (QED) is 0.445. The predicted octanol–water partition coefficient (Wildman–Crippen LogP) is 3.42. The van der Waals surface area contributed by atoms with Crippen molar-refractivity contribution in [3.63, 3.8) is 0 Å². The van der Waals surface area contributed by atoms with E-state index in [0.717, 1.165) is 0 Å². The van der Waals surface area contributed by atoms with Crippen molar-refractivity contribution in [2.75, 3.05) is 0 Å². The van der Waals surface area contributed by atoms with Crippen LogP contribution in [0.2, 0.25) is 0 Å². The van der Waals surface area contributed by atoms with E-state index in [1.807, 2.05) is 0 Å². The number of halogens is 7. The molecule has 0 aliphatic carbocycles. The summed E-state index contributed by atoms with van der Waals surface area (Å²) in [7, 11) is 0. The van der Waals surface area contributed by atoms with Crippen molar-refractivity contribution in [2.45, 2.75) is 12.5 Å². The predicted molar refractivity (Wildman–Crippen MR) is 54.0 cm³/mol. The van der Waals surface area contributed by atoms with Gasteiger partial charge in [0.05, 0.1) is 3.57 Å². The van der Waals surface area contributed by atoms with Crippen LogP contribution in [0.15, 0.2) is 6.07 Å². The molecule has 0 spiro atoms. The zero-order chi connectivity index (χ0) is 14.1. The minimum Gasteiger partial charge on any atom is -0.387 e. The van der Waals surface area contributed by atoms with E-state index >= 15 is 0 Å². The van der Waals surface area contributed by atoms with Gasteiger partial charge in [0.25, 0.3) is 0 Å². The summed E-state index contributed by atoms with van der Waals surface area (Å²) < 4.78 is 76.0. The molecule has 0 fully saturated rings. The third-order valence-electron chi connectivity index (χ3n) is 1.58. The molecule has 0 N–H and O–H groups in total. The number of pyridine rings is 1. The van der Waals surface area contributed by atoms with Gasteiger partial charge in [-0.15, -0.1) is 13.2 Å². The Morgan fingerprint density at radius 2 is 1.78 bits per heavy atom. The number of carbonyl (C=O) groups is 1. The third-order valence-corrected chi connectivity index (χ3v) is 2.35. The van der Waals surface area contributed by atoms with E-state index in [-0.39, 0.29) is 9.86 Å². The maximum atomic E-state index is 12.4. The van der Waals surface area contributed by atoms with Gasteiger partial charge in [0.1, 0.15) is 0 Å². The molecule has 0 saturated heterocycles. The summed E-state index contributed by atoms with van der Waals surface area (Å²) in [5, 5.41) is 0. The molecule has 0 atom stereocenters. The number of aromatic nitrogens is 1. The van der Waals surface area contributed by atoms with Gasteiger partial charge in [0, 0.05) is 5.56 Å². The smallest absolute Gasteiger partial charge is 0.387 e. The van der Waals surface area contributed by atoms with E-state index < -0.39 is 29.7 Å². The first-order chi connectivity index (χ1) is 8.04. The van der Waals surface area contributed by atoms with Gasteiger partial charge in [0.2, 0.25) is 5.88 Å². The van der Waals surface area contributed by atoms with Crippen molar-refractivity contribution in [3.8, 4) is 5.88 Å². The van der Waals surface area contributed by atoms with E-state index in [1.54, 1.807) is 0 Å². The molecular weight excluding hydrogens is 383 g/mol. The number of hydrogen-bond donors (Lipinski definition) is 0. The van der Waals surface area contributed by atoms with Crippen LogP contribution >= 0.6 is 22.6 Å². The van der Waals surface area contributed by atoms with Gasteiger partial charge in [-0.1, -0.05) is 0 Å². The summed E-state index contributed by atoms with van der Waals surface area (Å²) in [6, 6.07) is 0.616. The molecule has 1 rings (SSSR count). The second kappa shape index (κ2) is 4.90. The molecule has 1 heterocycles. The lowest BCUT2D eigenvalue weighted by Crippen LogP contribution is -2.21. The number of hydrogen-bond acceptors (Lipinski definition) is 3. The number of ether oxygens (including phenoxy) is 1. The summed E-state index contributed by atoms with van der Waals surface area (Å²) in [4.78, 5) is 13.1. The lowest BCUT2D eigenvalue weighted by atomic mass is 10.2. The Hall–Kier alpha value is -1.07. The highest BCUT2D eigenvalue weighted by Gasteiger charge is 2.39. The van der Waals surface area contributed by atoms with Gasteiger partial charge in [-0.05, 0) is 28.7 Å². The molecule has 0 bridgehead atoms. The van der Waals surface area contributed by atoms with Crippen molar-refractivity contribution < 1.29 is 35.9 Å². The van der Waals surface area contributed by atoms with Crippen LogP contribution < -0.4 is 4.74 Å². The van der Waals surface area contributed by atoms with Crippen LogP contribution in [-0.2, 0) is 6.18 Å². The van der Waals surface area contributed by atoms with Crippen molar-refractivity contribution in [1.29, 1.82) is 0 Å². The van der Waals surface area contributed by atoms with Gasteiger partial charge in [0.15, 0.2) is 12.0 Å². The van der Waals surface area contributed by atoms with Crippen LogP contribution in [0.25, 0.3) is 0 Å². The summed E-state index contributed by atoms with van der Waals surface area (Å²) in [5.41, 5.74) is -2.58. The van der Waals surface area contributed by atoms with Gasteiger partial charge in [-0.3, -0.25) is 4.79 Å². The Morgan fingerprint density at radius 3 is 2.17 bits per heavy atom. The van der Waals surface area contributed by atoms with Gasteiger partial charge >= 0.3 is 12.5 Å². The maximum absolute atomic E-state index is 12.4. The molecule has 10 heteroatoms. The fraction of sp³-hybridized carbons (Fsp3) is 0.250. The topological polar surface area (TPSA) is 39.2 Å². The van der Waals surface area contributed by atoms with Crippen LogP contribution in [0.4, 0.5) is 26.3 Å². The van der Waals surface area contributed by atoms with E-state index in [1.165, 1.54) is 22.6 Å². The summed E-state index contributed by atoms with van der Waals surface area (Å²) in [6.07, 6.45) is -10.4. The minimum absolute atomic E-state index is 0.143. The molecule has 0 amide bonds. The normalized spacial score (nSPS) is 12.4. The molecule has 1 aromatic rings. The summed E-state index contributed by atoms with van der Waals surface area (Å²) in [6.45, 7) is 0. The number of carbonyl (C=O) groups excluding carboxylic acids is 1. The Bertz CT molecular complexity index is 470. The number of aldehydes is 1. The second-order valence-electron chi connectivity index (χ2n) is 2.88. The van der Waals surface area contributed by atoms with Crippen LogP contribution in [0, 0.1) is 3.57 Å². The van der Waals surface area contributed by atoms with Crippen LogP contribution in [0.5, 0.6) is 5.88 Å². The average molecular weight is 385 g/mol. The molecule has 0 aliphatic rings.